The maximum absolute atomic E-state index is 10.7. The van der Waals surface area contributed by atoms with E-state index in [0.717, 1.165) is 19.4 Å². The van der Waals surface area contributed by atoms with Crippen molar-refractivity contribution in [3.05, 3.63) is 6.42 Å². The van der Waals surface area contributed by atoms with Gasteiger partial charge >= 0.3 is 0 Å². The molecular formula is C28H52O2. The van der Waals surface area contributed by atoms with Crippen LogP contribution in [0.3, 0.4) is 0 Å². The summed E-state index contributed by atoms with van der Waals surface area (Å²) in [4.78, 5) is 10.7. The monoisotopic (exact) mass is 420 g/mol. The number of rotatable bonds is 22. The van der Waals surface area contributed by atoms with Gasteiger partial charge in [0.15, 0.2) is 0 Å². The summed E-state index contributed by atoms with van der Waals surface area (Å²) in [6.07, 6.45) is 34.2. The second-order valence-corrected chi connectivity index (χ2v) is 9.60. The minimum Gasteiger partial charge on any atom is -0.378 e. The van der Waals surface area contributed by atoms with E-state index in [1.54, 1.807) is 0 Å². The summed E-state index contributed by atoms with van der Waals surface area (Å²) < 4.78 is 5.99. The SMILES string of the molecule is CCC([C]=O)CCCCCCCCCCCCCCCCCCOC1CC[CH]CC1. The molecule has 1 unspecified atom stereocenters. The average Bonchev–Trinajstić information content (AvgIpc) is 2.78. The Hall–Kier alpha value is -0.370. The summed E-state index contributed by atoms with van der Waals surface area (Å²) in [5.41, 5.74) is 0. The van der Waals surface area contributed by atoms with Crippen LogP contribution >= 0.6 is 0 Å². The van der Waals surface area contributed by atoms with Crippen molar-refractivity contribution in [3.63, 3.8) is 0 Å². The van der Waals surface area contributed by atoms with E-state index in [2.05, 4.69) is 19.6 Å². The van der Waals surface area contributed by atoms with E-state index in [1.807, 2.05) is 0 Å². The molecule has 0 heterocycles. The first-order valence-corrected chi connectivity index (χ1v) is 13.7. The summed E-state index contributed by atoms with van der Waals surface area (Å²) in [6.45, 7) is 3.08. The van der Waals surface area contributed by atoms with Gasteiger partial charge in [-0.1, -0.05) is 103 Å². The molecule has 0 N–H and O–H groups in total. The van der Waals surface area contributed by atoms with Crippen molar-refractivity contribution in [2.75, 3.05) is 6.61 Å². The lowest BCUT2D eigenvalue weighted by atomic mass is 9.98. The van der Waals surface area contributed by atoms with Gasteiger partial charge in [-0.2, -0.15) is 0 Å². The fourth-order valence-electron chi connectivity index (χ4n) is 4.63. The Bertz CT molecular complexity index is 349. The standard InChI is InChI=1S/C28H52O2/c1-2-27(26-29)22-18-15-13-11-9-7-5-3-4-6-8-10-12-14-16-21-25-30-28-23-19-17-20-24-28/h17,27-28H,2-16,18-25H2,1H3. The van der Waals surface area contributed by atoms with E-state index in [0.29, 0.717) is 6.10 Å². The van der Waals surface area contributed by atoms with E-state index < -0.39 is 0 Å². The molecule has 1 fully saturated rings. The Balaban J connectivity index is 1.66. The van der Waals surface area contributed by atoms with Gasteiger partial charge in [0, 0.05) is 12.5 Å². The van der Waals surface area contributed by atoms with Crippen molar-refractivity contribution in [1.82, 2.24) is 0 Å². The zero-order chi connectivity index (χ0) is 21.5. The van der Waals surface area contributed by atoms with Crippen molar-refractivity contribution in [2.45, 2.75) is 154 Å². The Kier molecular flexibility index (Phi) is 20.1. The topological polar surface area (TPSA) is 26.3 Å². The Morgan fingerprint density at radius 3 is 1.60 bits per heavy atom. The van der Waals surface area contributed by atoms with Gasteiger partial charge in [-0.15, -0.1) is 0 Å². The van der Waals surface area contributed by atoms with Crippen LogP contribution in [0.1, 0.15) is 148 Å². The largest absolute Gasteiger partial charge is 0.378 e. The van der Waals surface area contributed by atoms with Gasteiger partial charge < -0.3 is 4.74 Å². The molecule has 0 spiro atoms. The zero-order valence-electron chi connectivity index (χ0n) is 20.3. The Morgan fingerprint density at radius 1 is 0.733 bits per heavy atom. The number of ether oxygens (including phenoxy) is 1. The van der Waals surface area contributed by atoms with Crippen LogP contribution in [-0.4, -0.2) is 19.0 Å². The summed E-state index contributed by atoms with van der Waals surface area (Å²) in [7, 11) is 0. The van der Waals surface area contributed by atoms with Gasteiger partial charge in [0.1, 0.15) is 0 Å². The van der Waals surface area contributed by atoms with Crippen LogP contribution in [0.15, 0.2) is 0 Å². The van der Waals surface area contributed by atoms with Crippen molar-refractivity contribution in [1.29, 1.82) is 0 Å². The third-order valence-corrected chi connectivity index (χ3v) is 6.85. The normalized spacial score (nSPS) is 16.0. The summed E-state index contributed by atoms with van der Waals surface area (Å²) in [5, 5.41) is 0. The molecule has 1 rings (SSSR count). The molecular weight excluding hydrogens is 368 g/mol. The third kappa shape index (κ3) is 17.3. The molecule has 2 radical (unpaired) electrons. The van der Waals surface area contributed by atoms with Crippen LogP contribution in [0.2, 0.25) is 0 Å². The van der Waals surface area contributed by atoms with Crippen LogP contribution in [-0.2, 0) is 9.53 Å². The highest BCUT2D eigenvalue weighted by Gasteiger charge is 2.13. The maximum atomic E-state index is 10.7. The van der Waals surface area contributed by atoms with E-state index >= 15 is 0 Å². The van der Waals surface area contributed by atoms with E-state index in [1.165, 1.54) is 128 Å². The van der Waals surface area contributed by atoms with Crippen LogP contribution in [0.4, 0.5) is 0 Å². The first-order chi connectivity index (χ1) is 14.9. The van der Waals surface area contributed by atoms with Gasteiger partial charge in [0.25, 0.3) is 0 Å². The van der Waals surface area contributed by atoms with E-state index in [4.69, 9.17) is 4.74 Å². The number of carbonyl (C=O) groups excluding carboxylic acids is 1. The molecule has 2 nitrogen and oxygen atoms in total. The maximum Gasteiger partial charge on any atom is 0.201 e. The Labute approximate surface area is 189 Å². The molecule has 2 heteroatoms. The van der Waals surface area contributed by atoms with Gasteiger partial charge in [-0.05, 0) is 51.4 Å². The summed E-state index contributed by atoms with van der Waals surface area (Å²) in [5.74, 6) is 0.189. The first-order valence-electron chi connectivity index (χ1n) is 13.7. The van der Waals surface area contributed by atoms with E-state index in [9.17, 15) is 4.79 Å². The van der Waals surface area contributed by atoms with E-state index in [-0.39, 0.29) is 5.92 Å². The van der Waals surface area contributed by atoms with Crippen LogP contribution in [0.25, 0.3) is 0 Å². The molecule has 0 aromatic carbocycles. The van der Waals surface area contributed by atoms with Gasteiger partial charge in [-0.25, -0.2) is 0 Å². The number of hydrogen-bond donors (Lipinski definition) is 0. The highest BCUT2D eigenvalue weighted by atomic mass is 16.5. The predicted molar refractivity (Wildman–Crippen MR) is 130 cm³/mol. The first kappa shape index (κ1) is 27.7. The summed E-state index contributed by atoms with van der Waals surface area (Å²) >= 11 is 0. The summed E-state index contributed by atoms with van der Waals surface area (Å²) in [6, 6.07) is 0. The molecule has 0 bridgehead atoms. The smallest absolute Gasteiger partial charge is 0.201 e. The van der Waals surface area contributed by atoms with Crippen molar-refractivity contribution >= 4 is 6.29 Å². The predicted octanol–water partition coefficient (Wildman–Crippen LogP) is 8.92. The van der Waals surface area contributed by atoms with Crippen LogP contribution < -0.4 is 0 Å². The molecule has 0 aromatic rings. The molecule has 1 aliphatic rings. The minimum atomic E-state index is 0.189. The number of unbranched alkanes of at least 4 members (excludes halogenated alkanes) is 15. The quantitative estimate of drug-likeness (QED) is 0.163. The second kappa shape index (κ2) is 21.8. The molecule has 0 saturated heterocycles. The highest BCUT2D eigenvalue weighted by Crippen LogP contribution is 2.20. The van der Waals surface area contributed by atoms with Gasteiger partial charge in [0.2, 0.25) is 6.29 Å². The zero-order valence-corrected chi connectivity index (χ0v) is 20.3. The Morgan fingerprint density at radius 2 is 1.17 bits per heavy atom. The van der Waals surface area contributed by atoms with Crippen molar-refractivity contribution < 1.29 is 9.53 Å². The molecule has 1 aliphatic carbocycles. The van der Waals surface area contributed by atoms with Gasteiger partial charge in [-0.3, -0.25) is 4.79 Å². The molecule has 1 atom stereocenters. The fraction of sp³-hybridized carbons (Fsp3) is 0.929. The fourth-order valence-corrected chi connectivity index (χ4v) is 4.63. The van der Waals surface area contributed by atoms with Crippen molar-refractivity contribution in [2.24, 2.45) is 5.92 Å². The van der Waals surface area contributed by atoms with Crippen LogP contribution in [0.5, 0.6) is 0 Å². The lowest BCUT2D eigenvalue weighted by molar-refractivity contribution is 0.0326. The molecule has 176 valence electrons. The lowest BCUT2D eigenvalue weighted by Crippen LogP contribution is -2.17. The minimum absolute atomic E-state index is 0.189. The highest BCUT2D eigenvalue weighted by molar-refractivity contribution is 5.54. The average molecular weight is 421 g/mol. The molecule has 30 heavy (non-hydrogen) atoms. The lowest BCUT2D eigenvalue weighted by Gasteiger charge is -2.21. The molecule has 1 saturated carbocycles. The molecule has 0 amide bonds. The van der Waals surface area contributed by atoms with Crippen LogP contribution in [0, 0.1) is 12.3 Å². The third-order valence-electron chi connectivity index (χ3n) is 6.85. The van der Waals surface area contributed by atoms with Crippen molar-refractivity contribution in [3.8, 4) is 0 Å². The second-order valence-electron chi connectivity index (χ2n) is 9.60. The van der Waals surface area contributed by atoms with Gasteiger partial charge in [0.05, 0.1) is 6.10 Å². The molecule has 0 aromatic heterocycles. The number of hydrogen-bond acceptors (Lipinski definition) is 2. The molecule has 0 aliphatic heterocycles.